The van der Waals surface area contributed by atoms with E-state index in [1.165, 1.54) is 38.5 Å². The molecule has 0 aliphatic carbocycles. The van der Waals surface area contributed by atoms with Gasteiger partial charge >= 0.3 is 6.03 Å². The average molecular weight is 550 g/mol. The van der Waals surface area contributed by atoms with E-state index in [-0.39, 0.29) is 23.2 Å². The van der Waals surface area contributed by atoms with Crippen molar-refractivity contribution < 1.29 is 4.79 Å². The van der Waals surface area contributed by atoms with Gasteiger partial charge in [-0.05, 0) is 89.5 Å². The SMILES string of the molecule is CC(C)(C)CCN1CCN(C2CCC3CNSC4CCCC(NCCC[C@@H]5CN(C3N2)C(C)(C)C5)N4)C1=O. The van der Waals surface area contributed by atoms with Gasteiger partial charge in [0.1, 0.15) is 0 Å². The molecule has 38 heavy (non-hydrogen) atoms. The second kappa shape index (κ2) is 12.1. The second-order valence-electron chi connectivity index (χ2n) is 14.5. The third-order valence-corrected chi connectivity index (χ3v) is 10.7. The maximum Gasteiger partial charge on any atom is 0.321 e. The lowest BCUT2D eigenvalue weighted by Gasteiger charge is -2.48. The largest absolute Gasteiger partial charge is 0.323 e. The highest BCUT2D eigenvalue weighted by molar-refractivity contribution is 7.98. The van der Waals surface area contributed by atoms with Crippen LogP contribution >= 0.6 is 11.9 Å². The summed E-state index contributed by atoms with van der Waals surface area (Å²) in [5.41, 5.74) is 0.424. The first kappa shape index (κ1) is 28.9. The highest BCUT2D eigenvalue weighted by Crippen LogP contribution is 2.40. The summed E-state index contributed by atoms with van der Waals surface area (Å²) in [6.45, 7) is 17.5. The van der Waals surface area contributed by atoms with Crippen LogP contribution in [-0.4, -0.2) is 89.4 Å². The fourth-order valence-electron chi connectivity index (χ4n) is 7.49. The Hall–Kier alpha value is -0.580. The molecule has 0 aromatic carbocycles. The Morgan fingerprint density at radius 1 is 1.03 bits per heavy atom. The van der Waals surface area contributed by atoms with E-state index in [1.807, 2.05) is 11.9 Å². The van der Waals surface area contributed by atoms with Crippen LogP contribution in [0, 0.1) is 17.3 Å². The van der Waals surface area contributed by atoms with E-state index in [0.29, 0.717) is 23.6 Å². The van der Waals surface area contributed by atoms with Gasteiger partial charge in [-0.15, -0.1) is 0 Å². The topological polar surface area (TPSA) is 74.9 Å². The fraction of sp³-hybridized carbons (Fsp3) is 0.966. The molecule has 4 bridgehead atoms. The predicted octanol–water partition coefficient (Wildman–Crippen LogP) is 3.96. The normalized spacial score (nSPS) is 39.0. The van der Waals surface area contributed by atoms with Crippen molar-refractivity contribution in [2.24, 2.45) is 17.3 Å². The molecule has 0 spiro atoms. The van der Waals surface area contributed by atoms with Gasteiger partial charge in [-0.1, -0.05) is 32.7 Å². The number of hydrogen-bond donors (Lipinski definition) is 4. The highest BCUT2D eigenvalue weighted by Gasteiger charge is 2.47. The van der Waals surface area contributed by atoms with Crippen LogP contribution in [0.2, 0.25) is 0 Å². The van der Waals surface area contributed by atoms with Gasteiger partial charge in [0.05, 0.1) is 23.9 Å². The lowest BCUT2D eigenvalue weighted by Crippen LogP contribution is -2.65. The van der Waals surface area contributed by atoms with Crippen LogP contribution < -0.4 is 20.7 Å². The van der Waals surface area contributed by atoms with E-state index < -0.39 is 0 Å². The molecular formula is C29H55N7OS. The molecule has 5 saturated heterocycles. The van der Waals surface area contributed by atoms with Crippen molar-refractivity contribution >= 4 is 18.0 Å². The molecule has 0 aromatic heterocycles. The molecule has 9 heteroatoms. The van der Waals surface area contributed by atoms with Crippen LogP contribution in [0.1, 0.15) is 92.4 Å². The summed E-state index contributed by atoms with van der Waals surface area (Å²) in [5.74, 6) is 1.28. The molecule has 0 saturated carbocycles. The first-order valence-electron chi connectivity index (χ1n) is 15.6. The summed E-state index contributed by atoms with van der Waals surface area (Å²) in [4.78, 5) is 20.5. The lowest BCUT2D eigenvalue weighted by molar-refractivity contribution is 0.000841. The van der Waals surface area contributed by atoms with Crippen LogP contribution in [0.3, 0.4) is 0 Å². The number of piperidine rings is 2. The minimum atomic E-state index is 0.137. The molecule has 0 radical (unpaired) electrons. The number of nitrogens with zero attached hydrogens (tertiary/aromatic N) is 3. The number of nitrogens with one attached hydrogen (secondary N) is 4. The van der Waals surface area contributed by atoms with Gasteiger partial charge in [0, 0.05) is 44.2 Å². The van der Waals surface area contributed by atoms with Crippen molar-refractivity contribution in [3.63, 3.8) is 0 Å². The Kier molecular flexibility index (Phi) is 9.22. The van der Waals surface area contributed by atoms with Gasteiger partial charge in [-0.3, -0.25) is 20.3 Å². The molecule has 218 valence electrons. The zero-order valence-corrected chi connectivity index (χ0v) is 25.5. The molecule has 6 unspecified atom stereocenters. The minimum absolute atomic E-state index is 0.137. The first-order chi connectivity index (χ1) is 18.1. The molecule has 0 aromatic rings. The van der Waals surface area contributed by atoms with Gasteiger partial charge in [-0.25, -0.2) is 4.79 Å². The second-order valence-corrected chi connectivity index (χ2v) is 15.6. The average Bonchev–Trinajstić information content (AvgIpc) is 3.38. The third kappa shape index (κ3) is 7.00. The van der Waals surface area contributed by atoms with Crippen LogP contribution in [0.25, 0.3) is 0 Å². The van der Waals surface area contributed by atoms with Crippen molar-refractivity contribution in [1.82, 2.24) is 35.4 Å². The summed E-state index contributed by atoms with van der Waals surface area (Å²) in [7, 11) is 0. The molecule has 5 aliphatic rings. The number of rotatable bonds is 3. The number of carbonyl (C=O) groups is 1. The minimum Gasteiger partial charge on any atom is -0.323 e. The summed E-state index contributed by atoms with van der Waals surface area (Å²) in [6.07, 6.45) is 11.7. The van der Waals surface area contributed by atoms with Crippen molar-refractivity contribution in [2.75, 3.05) is 39.3 Å². The molecule has 5 heterocycles. The van der Waals surface area contributed by atoms with E-state index in [2.05, 4.69) is 70.0 Å². The van der Waals surface area contributed by atoms with Gasteiger partial charge in [0.15, 0.2) is 0 Å². The molecule has 7 atom stereocenters. The Balaban J connectivity index is 1.28. The predicted molar refractivity (Wildman–Crippen MR) is 157 cm³/mol. The van der Waals surface area contributed by atoms with E-state index in [4.69, 9.17) is 0 Å². The molecule has 5 rings (SSSR count). The lowest BCUT2D eigenvalue weighted by atomic mass is 9.90. The number of hydrogen-bond acceptors (Lipinski definition) is 7. The monoisotopic (exact) mass is 549 g/mol. The fourth-order valence-corrected chi connectivity index (χ4v) is 8.52. The summed E-state index contributed by atoms with van der Waals surface area (Å²) < 4.78 is 3.80. The smallest absolute Gasteiger partial charge is 0.321 e. The molecular weight excluding hydrogens is 494 g/mol. The van der Waals surface area contributed by atoms with Crippen molar-refractivity contribution in [2.45, 2.75) is 122 Å². The van der Waals surface area contributed by atoms with Gasteiger partial charge in [0.2, 0.25) is 0 Å². The maximum atomic E-state index is 13.4. The van der Waals surface area contributed by atoms with Gasteiger partial charge < -0.3 is 15.1 Å². The Morgan fingerprint density at radius 3 is 2.68 bits per heavy atom. The molecule has 5 fully saturated rings. The van der Waals surface area contributed by atoms with Crippen molar-refractivity contribution in [3.05, 3.63) is 0 Å². The molecule has 5 aliphatic heterocycles. The Labute approximate surface area is 236 Å². The Morgan fingerprint density at radius 2 is 1.87 bits per heavy atom. The van der Waals surface area contributed by atoms with E-state index in [9.17, 15) is 4.79 Å². The number of urea groups is 1. The molecule has 2 amide bonds. The van der Waals surface area contributed by atoms with Crippen LogP contribution in [0.5, 0.6) is 0 Å². The van der Waals surface area contributed by atoms with E-state index >= 15 is 0 Å². The zero-order chi connectivity index (χ0) is 26.9. The standard InChI is InChI=1S/C29H55N7OS/c1-28(2,3)13-15-34-16-17-35(27(34)37)24-12-11-22-19-31-38-25-10-6-9-23(32-25)30-14-7-8-21-18-29(4,5)36(20-21)26(22)33-24/h21-26,30-33H,6-20H2,1-5H3/t21-,22?,23?,24?,25?,26?/m0/s1. The first-order valence-corrected chi connectivity index (χ1v) is 16.4. The quantitative estimate of drug-likeness (QED) is 0.397. The maximum absolute atomic E-state index is 13.4. The van der Waals surface area contributed by atoms with Crippen LogP contribution in [0.4, 0.5) is 4.79 Å². The van der Waals surface area contributed by atoms with Gasteiger partial charge in [0.25, 0.3) is 0 Å². The van der Waals surface area contributed by atoms with Gasteiger partial charge in [-0.2, -0.15) is 0 Å². The third-order valence-electron chi connectivity index (χ3n) is 9.71. The highest BCUT2D eigenvalue weighted by atomic mass is 32.2. The molecule has 4 N–H and O–H groups in total. The molecule has 8 nitrogen and oxygen atoms in total. The summed E-state index contributed by atoms with van der Waals surface area (Å²) in [6, 6.07) is 0.236. The zero-order valence-electron chi connectivity index (χ0n) is 24.7. The van der Waals surface area contributed by atoms with Crippen LogP contribution in [-0.2, 0) is 0 Å². The number of carbonyl (C=O) groups excluding carboxylic acids is 1. The number of amides is 2. The Bertz CT molecular complexity index is 804. The van der Waals surface area contributed by atoms with E-state index in [1.54, 1.807) is 0 Å². The summed E-state index contributed by atoms with van der Waals surface area (Å²) >= 11 is 1.90. The summed E-state index contributed by atoms with van der Waals surface area (Å²) in [5, 5.41) is 12.2. The van der Waals surface area contributed by atoms with E-state index in [0.717, 1.165) is 64.4 Å². The van der Waals surface area contributed by atoms with Crippen LogP contribution in [0.15, 0.2) is 0 Å². The number of fused-ring (bicyclic) bond motifs is 6. The van der Waals surface area contributed by atoms with Crippen molar-refractivity contribution in [1.29, 1.82) is 0 Å². The van der Waals surface area contributed by atoms with Crippen molar-refractivity contribution in [3.8, 4) is 0 Å².